The van der Waals surface area contributed by atoms with Crippen LogP contribution in [0.4, 0.5) is 0 Å². The van der Waals surface area contributed by atoms with Crippen LogP contribution in [-0.4, -0.2) is 0 Å². The molecule has 0 aromatic heterocycles. The Morgan fingerprint density at radius 2 is 1.28 bits per heavy atom. The van der Waals surface area contributed by atoms with Crippen LogP contribution in [0.2, 0.25) is 0 Å². The van der Waals surface area contributed by atoms with E-state index in [2.05, 4.69) is 57.4 Å². The molecule has 0 nitrogen and oxygen atoms in total. The minimum Gasteiger partial charge on any atom is -1.00 e. The average molecular weight is 439 g/mol. The van der Waals surface area contributed by atoms with Crippen molar-refractivity contribution in [3.63, 3.8) is 0 Å². The zero-order valence-electron chi connectivity index (χ0n) is 19.7. The van der Waals surface area contributed by atoms with Gasteiger partial charge in [0.25, 0.3) is 0 Å². The third kappa shape index (κ3) is 11.0. The Balaban J connectivity index is 0.00000784. The molecule has 1 rings (SSSR count). The highest BCUT2D eigenvalue weighted by Gasteiger charge is 2.37. The van der Waals surface area contributed by atoms with Crippen LogP contribution in [0.1, 0.15) is 122 Å². The fourth-order valence-corrected chi connectivity index (χ4v) is 6.23. The lowest BCUT2D eigenvalue weighted by molar-refractivity contribution is -0.00000607. The number of aryl methyl sites for hydroxylation is 1. The second-order valence-electron chi connectivity index (χ2n) is 8.65. The summed E-state index contributed by atoms with van der Waals surface area (Å²) in [5.74, 6) is 2.29. The van der Waals surface area contributed by atoms with Crippen molar-refractivity contribution >= 4 is 8.58 Å². The molecule has 0 bridgehead atoms. The fourth-order valence-electron chi connectivity index (χ4n) is 4.58. The number of rotatable bonds is 18. The lowest BCUT2D eigenvalue weighted by Crippen LogP contribution is -3.00. The number of hydrogen-bond donors (Lipinski definition) is 0. The van der Waals surface area contributed by atoms with E-state index in [1.54, 1.807) is 11.1 Å². The van der Waals surface area contributed by atoms with Crippen LogP contribution in [0.5, 0.6) is 0 Å². The lowest BCUT2D eigenvalue weighted by Gasteiger charge is -2.31. The van der Waals surface area contributed by atoms with Crippen LogP contribution in [0, 0.1) is 0 Å². The molecular formula is C27H48ClP. The predicted octanol–water partition coefficient (Wildman–Crippen LogP) is 6.50. The summed E-state index contributed by atoms with van der Waals surface area (Å²) in [6, 6.07) is 9.46. The molecule has 0 saturated heterocycles. The molecule has 0 fully saturated rings. The SMILES string of the molecule is C=C[PH2+]C(CCCCCC)(CCCCCC)c1ccccc1CCCCCC.[Cl-]. The first-order chi connectivity index (χ1) is 13.7. The predicted molar refractivity (Wildman–Crippen MR) is 133 cm³/mol. The van der Waals surface area contributed by atoms with Crippen LogP contribution in [0.3, 0.4) is 0 Å². The first kappa shape index (κ1) is 28.7. The Labute approximate surface area is 190 Å². The van der Waals surface area contributed by atoms with Gasteiger partial charge < -0.3 is 12.4 Å². The standard InChI is InChI=1S/C27H47P.ClH/c1-5-9-12-15-20-25-21-16-17-22-26(25)27(28-8-4,23-18-13-10-6-2)24-19-14-11-7-3;/h8,16-17,21-22,28H,4-7,9-15,18-20,23-24H2,1-3H3;1H. The average Bonchev–Trinajstić information content (AvgIpc) is 2.72. The van der Waals surface area contributed by atoms with Crippen molar-refractivity contribution in [3.05, 3.63) is 47.8 Å². The Morgan fingerprint density at radius 1 is 0.759 bits per heavy atom. The van der Waals surface area contributed by atoms with Gasteiger partial charge in [-0.05, 0) is 49.7 Å². The maximum Gasteiger partial charge on any atom is 0.104 e. The molecule has 0 aliphatic carbocycles. The van der Waals surface area contributed by atoms with E-state index in [4.69, 9.17) is 0 Å². The summed E-state index contributed by atoms with van der Waals surface area (Å²) in [6.07, 6.45) is 20.4. The highest BCUT2D eigenvalue weighted by molar-refractivity contribution is 7.43. The minimum atomic E-state index is 0. The molecule has 0 heterocycles. The van der Waals surface area contributed by atoms with Crippen LogP contribution >= 0.6 is 8.58 Å². The zero-order chi connectivity index (χ0) is 20.5. The van der Waals surface area contributed by atoms with Gasteiger partial charge in [0.15, 0.2) is 0 Å². The summed E-state index contributed by atoms with van der Waals surface area (Å²) in [5.41, 5.74) is 3.33. The Bertz CT molecular complexity index is 499. The molecule has 0 aliphatic heterocycles. The van der Waals surface area contributed by atoms with Gasteiger partial charge in [-0.3, -0.25) is 0 Å². The molecule has 0 amide bonds. The van der Waals surface area contributed by atoms with Crippen LogP contribution in [0.25, 0.3) is 0 Å². The molecule has 0 aliphatic rings. The van der Waals surface area contributed by atoms with Gasteiger partial charge >= 0.3 is 0 Å². The van der Waals surface area contributed by atoms with Gasteiger partial charge in [0.1, 0.15) is 5.16 Å². The van der Waals surface area contributed by atoms with Crippen molar-refractivity contribution in [2.75, 3.05) is 0 Å². The third-order valence-corrected chi connectivity index (χ3v) is 8.01. The van der Waals surface area contributed by atoms with E-state index >= 15 is 0 Å². The van der Waals surface area contributed by atoms with Crippen molar-refractivity contribution in [1.82, 2.24) is 0 Å². The molecule has 1 unspecified atom stereocenters. The number of hydrogen-bond acceptors (Lipinski definition) is 0. The molecule has 1 aromatic rings. The summed E-state index contributed by atoms with van der Waals surface area (Å²) in [5, 5.41) is 0.393. The molecule has 1 atom stereocenters. The van der Waals surface area contributed by atoms with Crippen molar-refractivity contribution in [3.8, 4) is 0 Å². The molecule has 0 radical (unpaired) electrons. The topological polar surface area (TPSA) is 0 Å². The van der Waals surface area contributed by atoms with E-state index in [-0.39, 0.29) is 21.0 Å². The van der Waals surface area contributed by atoms with E-state index in [0.29, 0.717) is 5.16 Å². The van der Waals surface area contributed by atoms with E-state index in [1.807, 2.05) is 0 Å². The Morgan fingerprint density at radius 3 is 1.79 bits per heavy atom. The van der Waals surface area contributed by atoms with Crippen LogP contribution in [-0.2, 0) is 11.6 Å². The quantitative estimate of drug-likeness (QED) is 0.181. The van der Waals surface area contributed by atoms with Crippen molar-refractivity contribution in [2.24, 2.45) is 0 Å². The van der Waals surface area contributed by atoms with Crippen LogP contribution < -0.4 is 12.4 Å². The molecule has 0 spiro atoms. The van der Waals surface area contributed by atoms with Gasteiger partial charge in [-0.1, -0.05) is 109 Å². The Kier molecular flexibility index (Phi) is 18.2. The number of benzene rings is 1. The molecule has 168 valence electrons. The fraction of sp³-hybridized carbons (Fsp3) is 0.704. The molecular weight excluding hydrogens is 391 g/mol. The smallest absolute Gasteiger partial charge is 0.104 e. The van der Waals surface area contributed by atoms with Crippen LogP contribution in [0.15, 0.2) is 36.7 Å². The monoisotopic (exact) mass is 438 g/mol. The van der Waals surface area contributed by atoms with Gasteiger partial charge in [-0.15, -0.1) is 0 Å². The summed E-state index contributed by atoms with van der Waals surface area (Å²) in [6.45, 7) is 11.2. The normalized spacial score (nSPS) is 11.7. The van der Waals surface area contributed by atoms with Gasteiger partial charge in [-0.25, -0.2) is 0 Å². The van der Waals surface area contributed by atoms with Gasteiger partial charge in [0.05, 0.1) is 0 Å². The lowest BCUT2D eigenvalue weighted by atomic mass is 9.83. The van der Waals surface area contributed by atoms with Gasteiger partial charge in [0, 0.05) is 14.4 Å². The number of unbranched alkanes of at least 4 members (excludes halogenated alkanes) is 9. The van der Waals surface area contributed by atoms with E-state index in [9.17, 15) is 0 Å². The third-order valence-electron chi connectivity index (χ3n) is 6.24. The van der Waals surface area contributed by atoms with E-state index in [0.717, 1.165) is 0 Å². The maximum absolute atomic E-state index is 4.21. The highest BCUT2D eigenvalue weighted by Crippen LogP contribution is 2.51. The minimum absolute atomic E-state index is 0. The summed E-state index contributed by atoms with van der Waals surface area (Å²) in [7, 11) is 0.257. The first-order valence-corrected chi connectivity index (χ1v) is 13.5. The molecule has 1 aromatic carbocycles. The van der Waals surface area contributed by atoms with Gasteiger partial charge in [-0.2, -0.15) is 0 Å². The highest BCUT2D eigenvalue weighted by atomic mass is 35.5. The largest absolute Gasteiger partial charge is 1.00 e. The second-order valence-corrected chi connectivity index (χ2v) is 10.6. The van der Waals surface area contributed by atoms with Gasteiger partial charge in [0.2, 0.25) is 0 Å². The zero-order valence-corrected chi connectivity index (χ0v) is 21.6. The maximum atomic E-state index is 4.21. The summed E-state index contributed by atoms with van der Waals surface area (Å²) in [4.78, 5) is 0. The molecule has 0 saturated carbocycles. The Hall–Kier alpha value is -0.320. The van der Waals surface area contributed by atoms with E-state index in [1.165, 1.54) is 96.3 Å². The second kappa shape index (κ2) is 18.4. The summed E-state index contributed by atoms with van der Waals surface area (Å²) >= 11 is 0. The van der Waals surface area contributed by atoms with Crippen molar-refractivity contribution in [1.29, 1.82) is 0 Å². The molecule has 0 N–H and O–H groups in total. The summed E-state index contributed by atoms with van der Waals surface area (Å²) < 4.78 is 0. The first-order valence-electron chi connectivity index (χ1n) is 12.3. The van der Waals surface area contributed by atoms with Crippen molar-refractivity contribution < 1.29 is 12.4 Å². The molecule has 29 heavy (non-hydrogen) atoms. The number of halogens is 1. The van der Waals surface area contributed by atoms with E-state index < -0.39 is 0 Å². The molecule has 2 heteroatoms. The van der Waals surface area contributed by atoms with Crippen molar-refractivity contribution in [2.45, 2.75) is 122 Å².